The number of allylic oxidation sites excluding steroid dienone is 1. The second-order valence-electron chi connectivity index (χ2n) is 1.99. The van der Waals surface area contributed by atoms with E-state index in [0.29, 0.717) is 0 Å². The van der Waals surface area contributed by atoms with E-state index in [4.69, 9.17) is 0 Å². The normalized spacial score (nSPS) is 11.0. The van der Waals surface area contributed by atoms with Crippen LogP contribution < -0.4 is 0 Å². The maximum Gasteiger partial charge on any atom is 0.0704 e. The van der Waals surface area contributed by atoms with E-state index in [9.17, 15) is 0 Å². The van der Waals surface area contributed by atoms with Gasteiger partial charge in [-0.2, -0.15) is 0 Å². The molecule has 0 fully saturated rings. The van der Waals surface area contributed by atoms with E-state index in [1.165, 1.54) is 9.35 Å². The highest BCUT2D eigenvalue weighted by Gasteiger charge is 1.89. The highest BCUT2D eigenvalue weighted by atomic mass is 79.9. The van der Waals surface area contributed by atoms with Crippen LogP contribution in [-0.2, 0) is 0 Å². The highest BCUT2D eigenvalue weighted by Crippen LogP contribution is 2.21. The van der Waals surface area contributed by atoms with E-state index in [0.717, 1.165) is 6.42 Å². The minimum atomic E-state index is 1.10. The Hall–Kier alpha value is -0.0800. The Bertz CT molecular complexity index is 225. The third-order valence-electron chi connectivity index (χ3n) is 1.13. The van der Waals surface area contributed by atoms with Crippen LogP contribution in [0, 0.1) is 0 Å². The molecule has 0 unspecified atom stereocenters. The molecule has 2 heteroatoms. The molecule has 0 saturated carbocycles. The molecule has 0 bridgehead atoms. The predicted molar refractivity (Wildman–Crippen MR) is 51.3 cm³/mol. The Morgan fingerprint density at radius 1 is 1.70 bits per heavy atom. The number of thiophene rings is 1. The third kappa shape index (κ3) is 2.27. The van der Waals surface area contributed by atoms with Crippen molar-refractivity contribution in [3.8, 4) is 0 Å². The molecule has 0 nitrogen and oxygen atoms in total. The van der Waals surface area contributed by atoms with Gasteiger partial charge < -0.3 is 0 Å². The lowest BCUT2D eigenvalue weighted by Crippen LogP contribution is -1.58. The SMILES string of the molecule is CCC=Cc1csc(Br)c1. The Labute approximate surface area is 73.7 Å². The van der Waals surface area contributed by atoms with E-state index in [-0.39, 0.29) is 0 Å². The monoisotopic (exact) mass is 216 g/mol. The summed E-state index contributed by atoms with van der Waals surface area (Å²) < 4.78 is 1.20. The first-order chi connectivity index (χ1) is 4.83. The van der Waals surface area contributed by atoms with Crippen LogP contribution in [-0.4, -0.2) is 0 Å². The van der Waals surface area contributed by atoms with Gasteiger partial charge in [-0.3, -0.25) is 0 Å². The lowest BCUT2D eigenvalue weighted by molar-refractivity contribution is 1.23. The fourth-order valence-electron chi connectivity index (χ4n) is 0.665. The van der Waals surface area contributed by atoms with Gasteiger partial charge in [-0.15, -0.1) is 11.3 Å². The Morgan fingerprint density at radius 2 is 2.50 bits per heavy atom. The molecule has 1 aromatic heterocycles. The van der Waals surface area contributed by atoms with Crippen LogP contribution in [0.3, 0.4) is 0 Å². The molecule has 10 heavy (non-hydrogen) atoms. The minimum absolute atomic E-state index is 1.10. The number of rotatable bonds is 2. The van der Waals surface area contributed by atoms with Crippen molar-refractivity contribution < 1.29 is 0 Å². The van der Waals surface area contributed by atoms with Crippen LogP contribution in [0.25, 0.3) is 6.08 Å². The van der Waals surface area contributed by atoms with Gasteiger partial charge in [0, 0.05) is 0 Å². The van der Waals surface area contributed by atoms with Crippen LogP contribution in [0.15, 0.2) is 21.3 Å². The first-order valence-electron chi connectivity index (χ1n) is 3.23. The first kappa shape index (κ1) is 8.02. The van der Waals surface area contributed by atoms with Gasteiger partial charge in [-0.05, 0) is 39.4 Å². The summed E-state index contributed by atoms with van der Waals surface area (Å²) in [6, 6.07) is 2.12. The van der Waals surface area contributed by atoms with Gasteiger partial charge in [-0.1, -0.05) is 19.1 Å². The van der Waals surface area contributed by atoms with Crippen molar-refractivity contribution in [2.24, 2.45) is 0 Å². The average Bonchev–Trinajstić information content (AvgIpc) is 2.31. The molecular formula is C8H9BrS. The molecule has 0 radical (unpaired) electrons. The van der Waals surface area contributed by atoms with Gasteiger partial charge >= 0.3 is 0 Å². The molecule has 0 amide bonds. The van der Waals surface area contributed by atoms with Crippen molar-refractivity contribution in [3.05, 3.63) is 26.9 Å². The quantitative estimate of drug-likeness (QED) is 0.703. The third-order valence-corrected chi connectivity index (χ3v) is 2.66. The Morgan fingerprint density at radius 3 is 3.00 bits per heavy atom. The second-order valence-corrected chi connectivity index (χ2v) is 4.29. The maximum absolute atomic E-state index is 3.41. The van der Waals surface area contributed by atoms with Crippen molar-refractivity contribution in [1.82, 2.24) is 0 Å². The van der Waals surface area contributed by atoms with E-state index in [1.807, 2.05) is 0 Å². The van der Waals surface area contributed by atoms with Crippen LogP contribution >= 0.6 is 27.3 Å². The largest absolute Gasteiger partial charge is 0.136 e. The Balaban J connectivity index is 2.67. The molecule has 0 spiro atoms. The van der Waals surface area contributed by atoms with Crippen molar-refractivity contribution in [2.45, 2.75) is 13.3 Å². The fourth-order valence-corrected chi connectivity index (χ4v) is 1.81. The molecule has 0 aliphatic carbocycles. The smallest absolute Gasteiger partial charge is 0.0704 e. The molecule has 0 aromatic carbocycles. The molecule has 0 saturated heterocycles. The standard InChI is InChI=1S/C8H9BrS/c1-2-3-4-7-5-8(9)10-6-7/h3-6H,2H2,1H3. The van der Waals surface area contributed by atoms with Gasteiger partial charge in [0.05, 0.1) is 3.79 Å². The summed E-state index contributed by atoms with van der Waals surface area (Å²) in [6.45, 7) is 2.14. The van der Waals surface area contributed by atoms with Gasteiger partial charge in [0.15, 0.2) is 0 Å². The molecule has 0 atom stereocenters. The zero-order valence-corrected chi connectivity index (χ0v) is 8.21. The topological polar surface area (TPSA) is 0 Å². The van der Waals surface area contributed by atoms with E-state index in [2.05, 4.69) is 46.5 Å². The van der Waals surface area contributed by atoms with Crippen molar-refractivity contribution in [2.75, 3.05) is 0 Å². The van der Waals surface area contributed by atoms with Crippen LogP contribution in [0.4, 0.5) is 0 Å². The van der Waals surface area contributed by atoms with E-state index in [1.54, 1.807) is 11.3 Å². The molecule has 1 heterocycles. The number of hydrogen-bond acceptors (Lipinski definition) is 1. The molecule has 0 aliphatic heterocycles. The summed E-state index contributed by atoms with van der Waals surface area (Å²) in [6.07, 6.45) is 5.41. The number of hydrogen-bond donors (Lipinski definition) is 0. The first-order valence-corrected chi connectivity index (χ1v) is 4.90. The maximum atomic E-state index is 3.41. The molecule has 0 N–H and O–H groups in total. The summed E-state index contributed by atoms with van der Waals surface area (Å²) in [5.41, 5.74) is 1.29. The molecule has 54 valence electrons. The zero-order chi connectivity index (χ0) is 7.40. The summed E-state index contributed by atoms with van der Waals surface area (Å²) >= 11 is 5.13. The van der Waals surface area contributed by atoms with Crippen LogP contribution in [0.1, 0.15) is 18.9 Å². The predicted octanol–water partition coefficient (Wildman–Crippen LogP) is 3.93. The molecular weight excluding hydrogens is 208 g/mol. The van der Waals surface area contributed by atoms with Crippen molar-refractivity contribution in [3.63, 3.8) is 0 Å². The lowest BCUT2D eigenvalue weighted by Gasteiger charge is -1.79. The fraction of sp³-hybridized carbons (Fsp3) is 0.250. The van der Waals surface area contributed by atoms with Crippen LogP contribution in [0.5, 0.6) is 0 Å². The molecule has 1 aromatic rings. The van der Waals surface area contributed by atoms with E-state index >= 15 is 0 Å². The Kier molecular flexibility index (Phi) is 3.16. The van der Waals surface area contributed by atoms with Gasteiger partial charge in [0.25, 0.3) is 0 Å². The van der Waals surface area contributed by atoms with Gasteiger partial charge in [-0.25, -0.2) is 0 Å². The highest BCUT2D eigenvalue weighted by molar-refractivity contribution is 9.11. The minimum Gasteiger partial charge on any atom is -0.136 e. The van der Waals surface area contributed by atoms with Gasteiger partial charge in [0.1, 0.15) is 0 Å². The summed E-state index contributed by atoms with van der Waals surface area (Å²) in [4.78, 5) is 0. The second kappa shape index (κ2) is 3.94. The number of halogens is 1. The molecule has 1 rings (SSSR count). The van der Waals surface area contributed by atoms with Crippen molar-refractivity contribution >= 4 is 33.3 Å². The van der Waals surface area contributed by atoms with Crippen LogP contribution in [0.2, 0.25) is 0 Å². The average molecular weight is 217 g/mol. The summed E-state index contributed by atoms with van der Waals surface area (Å²) in [7, 11) is 0. The van der Waals surface area contributed by atoms with Gasteiger partial charge in [0.2, 0.25) is 0 Å². The van der Waals surface area contributed by atoms with E-state index < -0.39 is 0 Å². The zero-order valence-electron chi connectivity index (χ0n) is 5.80. The summed E-state index contributed by atoms with van der Waals surface area (Å²) in [5.74, 6) is 0. The molecule has 0 aliphatic rings. The lowest BCUT2D eigenvalue weighted by atomic mass is 10.3. The summed E-state index contributed by atoms with van der Waals surface area (Å²) in [5, 5.41) is 2.14. The van der Waals surface area contributed by atoms with Crippen molar-refractivity contribution in [1.29, 1.82) is 0 Å².